The van der Waals surface area contributed by atoms with E-state index in [0.717, 1.165) is 12.1 Å². The zero-order chi connectivity index (χ0) is 23.9. The van der Waals surface area contributed by atoms with Crippen LogP contribution >= 0.6 is 0 Å². The van der Waals surface area contributed by atoms with Crippen molar-refractivity contribution in [1.82, 2.24) is 8.87 Å². The van der Waals surface area contributed by atoms with Gasteiger partial charge in [-0.1, -0.05) is 48.5 Å². The Morgan fingerprint density at radius 2 is 1.50 bits per heavy atom. The third-order valence-electron chi connectivity index (χ3n) is 6.42. The maximum Gasteiger partial charge on any atom is 0.275 e. The Labute approximate surface area is 199 Å². The molecule has 1 fully saturated rings. The van der Waals surface area contributed by atoms with E-state index in [0.29, 0.717) is 18.7 Å². The van der Waals surface area contributed by atoms with E-state index in [1.54, 1.807) is 65.2 Å². The zero-order valence-corrected chi connectivity index (χ0v) is 20.0. The molecular formula is C24H25N3O5S2. The van der Waals surface area contributed by atoms with Crippen LogP contribution in [0, 0.1) is 5.92 Å². The Kier molecular flexibility index (Phi) is 5.83. The number of nitrogens with one attached hydrogen (secondary N) is 1. The molecule has 8 nitrogen and oxygen atoms in total. The summed E-state index contributed by atoms with van der Waals surface area (Å²) in [5.74, 6) is -0.390. The number of anilines is 1. The second-order valence-electron chi connectivity index (χ2n) is 8.87. The van der Waals surface area contributed by atoms with Crippen LogP contribution in [0.25, 0.3) is 0 Å². The highest BCUT2D eigenvalue weighted by Crippen LogP contribution is 2.37. The van der Waals surface area contributed by atoms with Crippen LogP contribution in [-0.2, 0) is 32.3 Å². The van der Waals surface area contributed by atoms with Crippen LogP contribution in [0.15, 0.2) is 82.5 Å². The summed E-state index contributed by atoms with van der Waals surface area (Å²) in [6.07, 6.45) is 0.791. The lowest BCUT2D eigenvalue weighted by Crippen LogP contribution is -2.49. The zero-order valence-electron chi connectivity index (χ0n) is 18.4. The number of aromatic nitrogens is 1. The summed E-state index contributed by atoms with van der Waals surface area (Å²) in [4.78, 5) is 13.4. The van der Waals surface area contributed by atoms with Crippen molar-refractivity contribution in [2.75, 3.05) is 17.8 Å². The van der Waals surface area contributed by atoms with Crippen molar-refractivity contribution < 1.29 is 16.8 Å². The van der Waals surface area contributed by atoms with Crippen molar-refractivity contribution in [2.24, 2.45) is 5.92 Å². The Bertz CT molecular complexity index is 1470. The van der Waals surface area contributed by atoms with Crippen molar-refractivity contribution in [2.45, 2.75) is 29.5 Å². The van der Waals surface area contributed by atoms with Crippen LogP contribution in [0.5, 0.6) is 0 Å². The van der Waals surface area contributed by atoms with Gasteiger partial charge in [-0.2, -0.15) is 4.31 Å². The number of pyridine rings is 1. The topological polar surface area (TPSA) is 106 Å². The number of piperidine rings is 1. The van der Waals surface area contributed by atoms with Gasteiger partial charge in [0.05, 0.1) is 10.6 Å². The maximum atomic E-state index is 13.2. The molecule has 2 atom stereocenters. The van der Waals surface area contributed by atoms with Crippen LogP contribution in [0.4, 0.5) is 5.69 Å². The molecule has 0 unspecified atom stereocenters. The molecule has 10 heteroatoms. The number of sulfonamides is 2. The lowest BCUT2D eigenvalue weighted by molar-refractivity contribution is 0.186. The predicted molar refractivity (Wildman–Crippen MR) is 129 cm³/mol. The molecule has 1 saturated heterocycles. The molecule has 1 aromatic heterocycles. The number of hydrogen-bond donors (Lipinski definition) is 1. The maximum absolute atomic E-state index is 13.2. The van der Waals surface area contributed by atoms with Crippen molar-refractivity contribution >= 4 is 25.7 Å². The summed E-state index contributed by atoms with van der Waals surface area (Å²) in [5.41, 5.74) is 0.971. The van der Waals surface area contributed by atoms with Gasteiger partial charge in [0.15, 0.2) is 0 Å². The second-order valence-corrected chi connectivity index (χ2v) is 12.5. The minimum atomic E-state index is -3.76. The molecule has 34 heavy (non-hydrogen) atoms. The van der Waals surface area contributed by atoms with Crippen molar-refractivity contribution in [3.8, 4) is 0 Å². The second kappa shape index (κ2) is 8.68. The van der Waals surface area contributed by atoms with Gasteiger partial charge in [0.1, 0.15) is 5.69 Å². The van der Waals surface area contributed by atoms with Gasteiger partial charge in [-0.15, -0.1) is 0 Å². The van der Waals surface area contributed by atoms with Gasteiger partial charge >= 0.3 is 0 Å². The first-order chi connectivity index (χ1) is 16.2. The highest BCUT2D eigenvalue weighted by Gasteiger charge is 2.39. The highest BCUT2D eigenvalue weighted by molar-refractivity contribution is 7.91. The van der Waals surface area contributed by atoms with E-state index in [9.17, 15) is 21.6 Å². The summed E-state index contributed by atoms with van der Waals surface area (Å²) in [5, 5.41) is 0. The quantitative estimate of drug-likeness (QED) is 0.561. The number of nitrogens with zero attached hydrogens (tertiary/aromatic N) is 2. The standard InChI is InChI=1S/C24H25N3O5S2/c28-24-22(25-33(29,30)17-18-7-3-1-4-8-18)11-12-23-20-13-19(15-27(23)24)14-26(16-20)34(31,32)21-9-5-2-6-10-21/h1-12,19-20,25H,13-17H2/t19-,20+/m0/s1. The van der Waals surface area contributed by atoms with E-state index >= 15 is 0 Å². The Morgan fingerprint density at radius 3 is 2.21 bits per heavy atom. The van der Waals surface area contributed by atoms with E-state index in [-0.39, 0.29) is 34.7 Å². The molecule has 2 aromatic carbocycles. The summed E-state index contributed by atoms with van der Waals surface area (Å²) >= 11 is 0. The molecule has 0 saturated carbocycles. The monoisotopic (exact) mass is 499 g/mol. The first kappa shape index (κ1) is 22.8. The molecule has 3 aromatic rings. The molecule has 0 spiro atoms. The van der Waals surface area contributed by atoms with E-state index in [1.807, 2.05) is 6.07 Å². The van der Waals surface area contributed by atoms with Crippen molar-refractivity contribution in [1.29, 1.82) is 0 Å². The molecule has 3 heterocycles. The van der Waals surface area contributed by atoms with E-state index in [1.165, 1.54) is 10.4 Å². The average molecular weight is 500 g/mol. The number of benzene rings is 2. The van der Waals surface area contributed by atoms with Crippen molar-refractivity contribution in [3.63, 3.8) is 0 Å². The molecule has 1 N–H and O–H groups in total. The molecule has 2 bridgehead atoms. The Morgan fingerprint density at radius 1 is 0.824 bits per heavy atom. The molecule has 2 aliphatic rings. The van der Waals surface area contributed by atoms with Crippen LogP contribution in [0.1, 0.15) is 23.6 Å². The van der Waals surface area contributed by atoms with Gasteiger partial charge in [0.2, 0.25) is 20.0 Å². The first-order valence-corrected chi connectivity index (χ1v) is 14.2. The SMILES string of the molecule is O=c1c(NS(=O)(=O)Cc2ccccc2)ccc2n1C[C@H]1C[C@@H]2CN(S(=O)(=O)c2ccccc2)C1. The largest absolute Gasteiger partial charge is 0.310 e. The summed E-state index contributed by atoms with van der Waals surface area (Å²) in [6.45, 7) is 0.954. The lowest BCUT2D eigenvalue weighted by atomic mass is 9.84. The molecule has 5 rings (SSSR count). The minimum absolute atomic E-state index is 0.00779. The van der Waals surface area contributed by atoms with E-state index < -0.39 is 25.6 Å². The normalized spacial score (nSPS) is 20.5. The van der Waals surface area contributed by atoms with Crippen molar-refractivity contribution in [3.05, 3.63) is 94.4 Å². The lowest BCUT2D eigenvalue weighted by Gasteiger charge is -2.42. The summed E-state index contributed by atoms with van der Waals surface area (Å²) in [7, 11) is -7.39. The van der Waals surface area contributed by atoms with Crippen LogP contribution < -0.4 is 10.3 Å². The predicted octanol–water partition coefficient (Wildman–Crippen LogP) is 2.60. The molecule has 0 amide bonds. The third-order valence-corrected chi connectivity index (χ3v) is 9.51. The fourth-order valence-electron chi connectivity index (χ4n) is 4.91. The third kappa shape index (κ3) is 4.40. The number of rotatable bonds is 6. The fraction of sp³-hybridized carbons (Fsp3) is 0.292. The Hall–Kier alpha value is -2.95. The van der Waals surface area contributed by atoms with Crippen LogP contribution in [0.3, 0.4) is 0 Å². The molecule has 0 radical (unpaired) electrons. The van der Waals surface area contributed by atoms with Gasteiger partial charge in [-0.25, -0.2) is 16.8 Å². The minimum Gasteiger partial charge on any atom is -0.310 e. The summed E-state index contributed by atoms with van der Waals surface area (Å²) in [6, 6.07) is 20.4. The van der Waals surface area contributed by atoms with Gasteiger partial charge in [-0.05, 0) is 42.2 Å². The van der Waals surface area contributed by atoms with E-state index in [4.69, 9.17) is 0 Å². The number of hydrogen-bond acceptors (Lipinski definition) is 5. The fourth-order valence-corrected chi connectivity index (χ4v) is 7.69. The molecule has 178 valence electrons. The molecule has 0 aliphatic carbocycles. The van der Waals surface area contributed by atoms with Gasteiger partial charge in [0, 0.05) is 31.2 Å². The van der Waals surface area contributed by atoms with Gasteiger partial charge < -0.3 is 4.57 Å². The average Bonchev–Trinajstić information content (AvgIpc) is 2.82. The van der Waals surface area contributed by atoms with Crippen LogP contribution in [-0.4, -0.2) is 38.8 Å². The highest BCUT2D eigenvalue weighted by atomic mass is 32.2. The van der Waals surface area contributed by atoms with E-state index in [2.05, 4.69) is 4.72 Å². The van der Waals surface area contributed by atoms with Gasteiger partial charge in [0.25, 0.3) is 5.56 Å². The first-order valence-electron chi connectivity index (χ1n) is 11.1. The van der Waals surface area contributed by atoms with Crippen LogP contribution in [0.2, 0.25) is 0 Å². The van der Waals surface area contributed by atoms with Gasteiger partial charge in [-0.3, -0.25) is 9.52 Å². The smallest absolute Gasteiger partial charge is 0.275 e. The summed E-state index contributed by atoms with van der Waals surface area (Å²) < 4.78 is 57.1. The Balaban J connectivity index is 1.40. The number of fused-ring (bicyclic) bond motifs is 4. The molecule has 2 aliphatic heterocycles. The molecular weight excluding hydrogens is 474 g/mol.